The van der Waals surface area contributed by atoms with Crippen molar-refractivity contribution in [2.45, 2.75) is 49.4 Å². The highest BCUT2D eigenvalue weighted by atomic mass is 79.9. The third kappa shape index (κ3) is 3.42. The van der Waals surface area contributed by atoms with Crippen LogP contribution in [0.1, 0.15) is 55.2 Å². The highest BCUT2D eigenvalue weighted by molar-refractivity contribution is 9.10. The number of hydrogen-bond acceptors (Lipinski definition) is 2. The predicted octanol–water partition coefficient (Wildman–Crippen LogP) is 7.69. The van der Waals surface area contributed by atoms with Crippen molar-refractivity contribution < 1.29 is 5.11 Å². The first-order valence-electron chi connectivity index (χ1n) is 11.7. The highest BCUT2D eigenvalue weighted by Gasteiger charge is 2.58. The van der Waals surface area contributed by atoms with Gasteiger partial charge in [-0.2, -0.15) is 0 Å². The molecule has 3 aromatic rings. The number of aliphatic imine (C=N–C) groups is 1. The zero-order valence-electron chi connectivity index (χ0n) is 18.2. The molecule has 2 nitrogen and oxygen atoms in total. The SMILES string of the molecule is Oc1ccc(Br)cc1C=Nc1ccc(C23C[C@H]4C[C@@H](CC(c5ccccc5)(C4)C2)C3)cc1. The van der Waals surface area contributed by atoms with Crippen LogP contribution in [0.15, 0.2) is 82.3 Å². The molecule has 3 heteroatoms. The molecule has 0 spiro atoms. The Morgan fingerprint density at radius 2 is 1.44 bits per heavy atom. The first-order valence-corrected chi connectivity index (χ1v) is 12.5. The van der Waals surface area contributed by atoms with E-state index in [0.717, 1.165) is 22.0 Å². The van der Waals surface area contributed by atoms with Crippen LogP contribution in [-0.4, -0.2) is 11.3 Å². The highest BCUT2D eigenvalue weighted by Crippen LogP contribution is 2.66. The quantitative estimate of drug-likeness (QED) is 0.377. The lowest BCUT2D eigenvalue weighted by atomic mass is 9.42. The third-order valence-electron chi connectivity index (χ3n) is 8.27. The minimum atomic E-state index is 0.244. The minimum Gasteiger partial charge on any atom is -0.507 e. The molecule has 2 atom stereocenters. The molecule has 0 aliphatic heterocycles. The zero-order chi connectivity index (χ0) is 21.8. The van der Waals surface area contributed by atoms with Crippen molar-refractivity contribution in [3.8, 4) is 5.75 Å². The summed E-state index contributed by atoms with van der Waals surface area (Å²) >= 11 is 3.46. The molecule has 0 radical (unpaired) electrons. The summed E-state index contributed by atoms with van der Waals surface area (Å²) in [6, 6.07) is 25.7. The van der Waals surface area contributed by atoms with Crippen LogP contribution in [0.25, 0.3) is 0 Å². The maximum atomic E-state index is 10.1. The van der Waals surface area contributed by atoms with Gasteiger partial charge in [0.15, 0.2) is 0 Å². The Morgan fingerprint density at radius 3 is 2.09 bits per heavy atom. The van der Waals surface area contributed by atoms with Crippen molar-refractivity contribution in [1.82, 2.24) is 0 Å². The van der Waals surface area contributed by atoms with Crippen molar-refractivity contribution in [1.29, 1.82) is 0 Å². The standard InChI is InChI=1S/C29H28BrNO/c30-25-8-11-27(32)22(13-25)18-31-26-9-6-24(7-10-26)29-16-20-12-21(17-29)15-28(14-20,19-29)23-4-2-1-3-5-23/h1-11,13,18,20-21,32H,12,14-17,19H2/t20-,21-,28?,29?/m0/s1. The summed E-state index contributed by atoms with van der Waals surface area (Å²) in [6.07, 6.45) is 9.87. The van der Waals surface area contributed by atoms with E-state index < -0.39 is 0 Å². The Kier molecular flexibility index (Phi) is 4.80. The fourth-order valence-electron chi connectivity index (χ4n) is 7.40. The summed E-state index contributed by atoms with van der Waals surface area (Å²) < 4.78 is 0.932. The van der Waals surface area contributed by atoms with Crippen LogP contribution in [0, 0.1) is 11.8 Å². The van der Waals surface area contributed by atoms with E-state index >= 15 is 0 Å². The Bertz CT molecular complexity index is 1150. The number of aromatic hydroxyl groups is 1. The summed E-state index contributed by atoms with van der Waals surface area (Å²) in [5.74, 6) is 1.95. The minimum absolute atomic E-state index is 0.244. The van der Waals surface area contributed by atoms with Gasteiger partial charge < -0.3 is 5.11 Å². The molecule has 7 rings (SSSR count). The molecular weight excluding hydrogens is 458 g/mol. The molecular formula is C29H28BrNO. The van der Waals surface area contributed by atoms with Crippen LogP contribution < -0.4 is 0 Å². The van der Waals surface area contributed by atoms with E-state index in [1.165, 1.54) is 44.1 Å². The molecule has 0 heterocycles. The Balaban J connectivity index is 1.29. The van der Waals surface area contributed by atoms with Gasteiger partial charge in [0.25, 0.3) is 0 Å². The van der Waals surface area contributed by atoms with Gasteiger partial charge in [0.05, 0.1) is 5.69 Å². The third-order valence-corrected chi connectivity index (χ3v) is 8.76. The lowest BCUT2D eigenvalue weighted by Crippen LogP contribution is -2.55. The fourth-order valence-corrected chi connectivity index (χ4v) is 7.78. The monoisotopic (exact) mass is 485 g/mol. The number of hydrogen-bond donors (Lipinski definition) is 1. The van der Waals surface area contributed by atoms with Gasteiger partial charge in [0.1, 0.15) is 5.75 Å². The molecule has 0 saturated heterocycles. The summed E-state index contributed by atoms with van der Waals surface area (Å²) in [4.78, 5) is 4.62. The smallest absolute Gasteiger partial charge is 0.124 e. The van der Waals surface area contributed by atoms with Gasteiger partial charge in [0.2, 0.25) is 0 Å². The number of halogens is 1. The number of nitrogens with zero attached hydrogens (tertiary/aromatic N) is 1. The molecule has 3 aromatic carbocycles. The molecule has 162 valence electrons. The van der Waals surface area contributed by atoms with Gasteiger partial charge in [-0.05, 0) is 103 Å². The number of benzene rings is 3. The van der Waals surface area contributed by atoms with Gasteiger partial charge in [-0.1, -0.05) is 58.4 Å². The van der Waals surface area contributed by atoms with Crippen LogP contribution >= 0.6 is 15.9 Å². The second kappa shape index (κ2) is 7.59. The van der Waals surface area contributed by atoms with Crippen LogP contribution in [-0.2, 0) is 10.8 Å². The van der Waals surface area contributed by atoms with Crippen molar-refractivity contribution >= 4 is 27.8 Å². The topological polar surface area (TPSA) is 32.6 Å². The van der Waals surface area contributed by atoms with Crippen molar-refractivity contribution in [2.24, 2.45) is 16.8 Å². The van der Waals surface area contributed by atoms with Gasteiger partial charge in [-0.25, -0.2) is 0 Å². The van der Waals surface area contributed by atoms with E-state index in [2.05, 4.69) is 75.5 Å². The summed E-state index contributed by atoms with van der Waals surface area (Å²) in [7, 11) is 0. The van der Waals surface area contributed by atoms with Crippen molar-refractivity contribution in [3.05, 3.63) is 94.0 Å². The van der Waals surface area contributed by atoms with Gasteiger partial charge >= 0.3 is 0 Å². The van der Waals surface area contributed by atoms with Crippen LogP contribution in [0.3, 0.4) is 0 Å². The predicted molar refractivity (Wildman–Crippen MR) is 134 cm³/mol. The van der Waals surface area contributed by atoms with E-state index in [4.69, 9.17) is 0 Å². The lowest BCUT2D eigenvalue weighted by Gasteiger charge is -2.62. The number of phenolic OH excluding ortho intramolecular Hbond substituents is 1. The average molecular weight is 486 g/mol. The van der Waals surface area contributed by atoms with E-state index in [-0.39, 0.29) is 5.75 Å². The molecule has 0 aromatic heterocycles. The van der Waals surface area contributed by atoms with Crippen molar-refractivity contribution in [2.75, 3.05) is 0 Å². The number of phenols is 1. The normalized spacial score (nSPS) is 30.8. The van der Waals surface area contributed by atoms with Crippen LogP contribution in [0.2, 0.25) is 0 Å². The molecule has 4 saturated carbocycles. The molecule has 0 unspecified atom stereocenters. The van der Waals surface area contributed by atoms with Crippen molar-refractivity contribution in [3.63, 3.8) is 0 Å². The van der Waals surface area contributed by atoms with Gasteiger partial charge in [-0.15, -0.1) is 0 Å². The average Bonchev–Trinajstić information content (AvgIpc) is 2.80. The van der Waals surface area contributed by atoms with E-state index in [1.54, 1.807) is 17.8 Å². The molecule has 4 bridgehead atoms. The molecule has 4 aliphatic rings. The molecule has 1 N–H and O–H groups in total. The lowest BCUT2D eigenvalue weighted by molar-refractivity contribution is -0.0281. The summed E-state index contributed by atoms with van der Waals surface area (Å²) in [5.41, 5.74) is 5.38. The number of rotatable bonds is 4. The van der Waals surface area contributed by atoms with E-state index in [0.29, 0.717) is 16.4 Å². The molecule has 4 aliphatic carbocycles. The summed E-state index contributed by atoms with van der Waals surface area (Å²) in [5, 5.41) is 10.1. The summed E-state index contributed by atoms with van der Waals surface area (Å²) in [6.45, 7) is 0. The maximum absolute atomic E-state index is 10.1. The maximum Gasteiger partial charge on any atom is 0.124 e. The second-order valence-electron chi connectivity index (χ2n) is 10.4. The van der Waals surface area contributed by atoms with E-state index in [9.17, 15) is 5.11 Å². The van der Waals surface area contributed by atoms with Crippen LogP contribution in [0.4, 0.5) is 5.69 Å². The largest absolute Gasteiger partial charge is 0.507 e. The van der Waals surface area contributed by atoms with Gasteiger partial charge in [-0.3, -0.25) is 4.99 Å². The Hall–Kier alpha value is -2.39. The molecule has 0 amide bonds. The first-order chi connectivity index (χ1) is 15.5. The second-order valence-corrected chi connectivity index (χ2v) is 11.3. The molecule has 32 heavy (non-hydrogen) atoms. The van der Waals surface area contributed by atoms with E-state index in [1.807, 2.05) is 12.1 Å². The zero-order valence-corrected chi connectivity index (χ0v) is 19.8. The Labute approximate surface area is 198 Å². The van der Waals surface area contributed by atoms with Crippen LogP contribution in [0.5, 0.6) is 5.75 Å². The molecule has 4 fully saturated rings. The Morgan fingerprint density at radius 1 is 0.812 bits per heavy atom. The van der Waals surface area contributed by atoms with Gasteiger partial charge in [0, 0.05) is 16.3 Å². The first kappa shape index (κ1) is 20.2. The fraction of sp³-hybridized carbons (Fsp3) is 0.345.